The number of hydrogen-bond donors (Lipinski definition) is 1. The normalized spacial score (nSPS) is 10.5. The van der Waals surface area contributed by atoms with Gasteiger partial charge in [-0.15, -0.1) is 10.2 Å². The van der Waals surface area contributed by atoms with E-state index in [1.165, 1.54) is 0 Å². The average Bonchev–Trinajstić information content (AvgIpc) is 2.50. The van der Waals surface area contributed by atoms with Gasteiger partial charge >= 0.3 is 0 Å². The van der Waals surface area contributed by atoms with Gasteiger partial charge in [0.05, 0.1) is 0 Å². The molecule has 0 radical (unpaired) electrons. The van der Waals surface area contributed by atoms with E-state index >= 15 is 0 Å². The van der Waals surface area contributed by atoms with Crippen molar-refractivity contribution in [3.05, 3.63) is 10.0 Å². The van der Waals surface area contributed by atoms with Crippen LogP contribution in [0.3, 0.4) is 0 Å². The topological polar surface area (TPSA) is 47.0 Å². The van der Waals surface area contributed by atoms with Gasteiger partial charge < -0.3 is 10.1 Å². The monoisotopic (exact) mass is 187 g/mol. The lowest BCUT2D eigenvalue weighted by Crippen LogP contribution is -2.04. The minimum atomic E-state index is 0.581. The van der Waals surface area contributed by atoms with Crippen molar-refractivity contribution in [2.24, 2.45) is 0 Å². The van der Waals surface area contributed by atoms with E-state index in [0.717, 1.165) is 23.2 Å². The van der Waals surface area contributed by atoms with Gasteiger partial charge in [0, 0.05) is 13.2 Å². The summed E-state index contributed by atoms with van der Waals surface area (Å²) in [6, 6.07) is 0. The smallest absolute Gasteiger partial charge is 0.143 e. The number of hydrogen-bond acceptors (Lipinski definition) is 5. The van der Waals surface area contributed by atoms with E-state index in [1.807, 2.05) is 14.0 Å². The first-order chi connectivity index (χ1) is 5.86. The molecule has 0 spiro atoms. The molecule has 1 rings (SSSR count). The summed E-state index contributed by atoms with van der Waals surface area (Å²) in [5, 5.41) is 12.9. The fourth-order valence-electron chi connectivity index (χ4n) is 0.759. The highest BCUT2D eigenvalue weighted by atomic mass is 32.1. The van der Waals surface area contributed by atoms with E-state index in [0.29, 0.717) is 6.61 Å². The standard InChI is InChI=1S/C7H13N3OS/c1-3-11-5-7-10-9-6(12-7)4-8-2/h8H,3-5H2,1-2H3. The number of nitrogens with one attached hydrogen (secondary N) is 1. The summed E-state index contributed by atoms with van der Waals surface area (Å²) in [7, 11) is 1.89. The molecule has 0 saturated carbocycles. The molecular formula is C7H13N3OS. The fraction of sp³-hybridized carbons (Fsp3) is 0.714. The van der Waals surface area contributed by atoms with Gasteiger partial charge in [-0.05, 0) is 14.0 Å². The molecule has 68 valence electrons. The minimum Gasteiger partial charge on any atom is -0.374 e. The van der Waals surface area contributed by atoms with Gasteiger partial charge in [0.15, 0.2) is 0 Å². The van der Waals surface area contributed by atoms with Crippen molar-refractivity contribution in [3.8, 4) is 0 Å². The van der Waals surface area contributed by atoms with Gasteiger partial charge in [0.25, 0.3) is 0 Å². The van der Waals surface area contributed by atoms with Crippen LogP contribution in [0, 0.1) is 0 Å². The second-order valence-electron chi connectivity index (χ2n) is 2.26. The molecule has 1 aromatic heterocycles. The Kier molecular flexibility index (Phi) is 4.13. The molecule has 1 N–H and O–H groups in total. The van der Waals surface area contributed by atoms with Crippen LogP contribution in [0.5, 0.6) is 0 Å². The maximum Gasteiger partial charge on any atom is 0.143 e. The Morgan fingerprint density at radius 1 is 1.42 bits per heavy atom. The molecular weight excluding hydrogens is 174 g/mol. The van der Waals surface area contributed by atoms with Crippen LogP contribution in [0.4, 0.5) is 0 Å². The third-order valence-electron chi connectivity index (χ3n) is 1.27. The first-order valence-electron chi connectivity index (χ1n) is 3.90. The van der Waals surface area contributed by atoms with Gasteiger partial charge in [-0.3, -0.25) is 0 Å². The number of rotatable bonds is 5. The zero-order valence-electron chi connectivity index (χ0n) is 7.33. The van der Waals surface area contributed by atoms with Crippen molar-refractivity contribution in [2.45, 2.75) is 20.1 Å². The molecule has 12 heavy (non-hydrogen) atoms. The lowest BCUT2D eigenvalue weighted by Gasteiger charge is -1.93. The van der Waals surface area contributed by atoms with E-state index in [4.69, 9.17) is 4.74 Å². The summed E-state index contributed by atoms with van der Waals surface area (Å²) in [6.07, 6.45) is 0. The first kappa shape index (κ1) is 9.57. The Bertz CT molecular complexity index is 226. The number of nitrogens with zero attached hydrogens (tertiary/aromatic N) is 2. The van der Waals surface area contributed by atoms with E-state index in [-0.39, 0.29) is 0 Å². The third kappa shape index (κ3) is 2.84. The summed E-state index contributed by atoms with van der Waals surface area (Å²) in [5.74, 6) is 0. The summed E-state index contributed by atoms with van der Waals surface area (Å²) >= 11 is 1.59. The van der Waals surface area contributed by atoms with Crippen molar-refractivity contribution < 1.29 is 4.74 Å². The quantitative estimate of drug-likeness (QED) is 0.740. The molecule has 0 aliphatic rings. The Hall–Kier alpha value is -0.520. The van der Waals surface area contributed by atoms with Crippen LogP contribution in [-0.4, -0.2) is 23.9 Å². The second-order valence-corrected chi connectivity index (χ2v) is 3.40. The van der Waals surface area contributed by atoms with Crippen LogP contribution in [0.15, 0.2) is 0 Å². The zero-order chi connectivity index (χ0) is 8.81. The minimum absolute atomic E-state index is 0.581. The molecule has 0 aliphatic heterocycles. The van der Waals surface area contributed by atoms with Crippen molar-refractivity contribution in [1.29, 1.82) is 0 Å². The Labute approximate surface area is 76.0 Å². The molecule has 0 bridgehead atoms. The molecule has 5 heteroatoms. The molecule has 0 atom stereocenters. The van der Waals surface area contributed by atoms with Gasteiger partial charge in [0.1, 0.15) is 16.6 Å². The summed E-state index contributed by atoms with van der Waals surface area (Å²) < 4.78 is 5.20. The molecule has 0 unspecified atom stereocenters. The molecule has 0 amide bonds. The van der Waals surface area contributed by atoms with Gasteiger partial charge in [-0.2, -0.15) is 0 Å². The highest BCUT2D eigenvalue weighted by Crippen LogP contribution is 2.09. The molecule has 0 saturated heterocycles. The van der Waals surface area contributed by atoms with Crippen LogP contribution >= 0.6 is 11.3 Å². The summed E-state index contributed by atoms with van der Waals surface area (Å²) in [5.41, 5.74) is 0. The number of ether oxygens (including phenoxy) is 1. The fourth-order valence-corrected chi connectivity index (χ4v) is 1.55. The lowest BCUT2D eigenvalue weighted by atomic mass is 10.7. The lowest BCUT2D eigenvalue weighted by molar-refractivity contribution is 0.133. The predicted octanol–water partition coefficient (Wildman–Crippen LogP) is 0.794. The third-order valence-corrected chi connectivity index (χ3v) is 2.16. The molecule has 0 aliphatic carbocycles. The molecule has 0 fully saturated rings. The molecule has 0 aromatic carbocycles. The Morgan fingerprint density at radius 3 is 2.83 bits per heavy atom. The highest BCUT2D eigenvalue weighted by Gasteiger charge is 2.01. The summed E-state index contributed by atoms with van der Waals surface area (Å²) in [4.78, 5) is 0. The maximum atomic E-state index is 5.20. The predicted molar refractivity (Wildman–Crippen MR) is 48.0 cm³/mol. The molecule has 1 heterocycles. The zero-order valence-corrected chi connectivity index (χ0v) is 8.15. The average molecular weight is 187 g/mol. The van der Waals surface area contributed by atoms with Crippen LogP contribution < -0.4 is 5.32 Å². The van der Waals surface area contributed by atoms with E-state index in [1.54, 1.807) is 11.3 Å². The van der Waals surface area contributed by atoms with Crippen LogP contribution in [0.1, 0.15) is 16.9 Å². The highest BCUT2D eigenvalue weighted by molar-refractivity contribution is 7.11. The number of aromatic nitrogens is 2. The van der Waals surface area contributed by atoms with E-state index in [9.17, 15) is 0 Å². The van der Waals surface area contributed by atoms with Crippen LogP contribution in [0.25, 0.3) is 0 Å². The van der Waals surface area contributed by atoms with E-state index < -0.39 is 0 Å². The van der Waals surface area contributed by atoms with Gasteiger partial charge in [0.2, 0.25) is 0 Å². The Balaban J connectivity index is 2.41. The van der Waals surface area contributed by atoms with Crippen molar-refractivity contribution in [3.63, 3.8) is 0 Å². The summed E-state index contributed by atoms with van der Waals surface area (Å²) in [6.45, 7) is 4.05. The van der Waals surface area contributed by atoms with E-state index in [2.05, 4.69) is 15.5 Å². The maximum absolute atomic E-state index is 5.20. The second kappa shape index (κ2) is 5.18. The van der Waals surface area contributed by atoms with Gasteiger partial charge in [-0.25, -0.2) is 0 Å². The SMILES string of the molecule is CCOCc1nnc(CNC)s1. The van der Waals surface area contributed by atoms with Crippen molar-refractivity contribution in [1.82, 2.24) is 15.5 Å². The van der Waals surface area contributed by atoms with Gasteiger partial charge in [-0.1, -0.05) is 11.3 Å². The van der Waals surface area contributed by atoms with Crippen molar-refractivity contribution in [2.75, 3.05) is 13.7 Å². The molecule has 1 aromatic rings. The first-order valence-corrected chi connectivity index (χ1v) is 4.72. The van der Waals surface area contributed by atoms with Crippen LogP contribution in [-0.2, 0) is 17.9 Å². The largest absolute Gasteiger partial charge is 0.374 e. The van der Waals surface area contributed by atoms with Crippen LogP contribution in [0.2, 0.25) is 0 Å². The van der Waals surface area contributed by atoms with Crippen molar-refractivity contribution >= 4 is 11.3 Å². The molecule has 4 nitrogen and oxygen atoms in total. The Morgan fingerprint density at radius 2 is 2.17 bits per heavy atom.